The molecule has 0 spiro atoms. The average molecular weight is 312 g/mol. The summed E-state index contributed by atoms with van der Waals surface area (Å²) >= 11 is 0. The highest BCUT2D eigenvalue weighted by atomic mass is 15.3. The van der Waals surface area contributed by atoms with Gasteiger partial charge in [0.1, 0.15) is 0 Å². The van der Waals surface area contributed by atoms with Gasteiger partial charge < -0.3 is 15.1 Å². The Kier molecular flexibility index (Phi) is 5.15. The smallest absolute Gasteiger partial charge is 0.225 e. The van der Waals surface area contributed by atoms with Crippen LogP contribution in [0.5, 0.6) is 0 Å². The topological polar surface area (TPSA) is 57.2 Å². The highest BCUT2D eigenvalue weighted by molar-refractivity contribution is 5.30. The maximum atomic E-state index is 4.52. The van der Waals surface area contributed by atoms with Gasteiger partial charge in [0.15, 0.2) is 0 Å². The van der Waals surface area contributed by atoms with Crippen molar-refractivity contribution in [2.24, 2.45) is 0 Å². The second-order valence-corrected chi connectivity index (χ2v) is 6.04. The van der Waals surface area contributed by atoms with Crippen molar-refractivity contribution < 1.29 is 0 Å². The minimum atomic E-state index is 0.202. The fraction of sp³-hybridized carbons (Fsp3) is 0.471. The number of nitrogens with zero attached hydrogens (tertiary/aromatic N) is 5. The number of piperazine rings is 1. The summed E-state index contributed by atoms with van der Waals surface area (Å²) < 4.78 is 0. The molecule has 0 saturated carbocycles. The Morgan fingerprint density at radius 2 is 1.83 bits per heavy atom. The predicted octanol–water partition coefficient (Wildman–Crippen LogP) is 1.47. The van der Waals surface area contributed by atoms with Gasteiger partial charge in [-0.05, 0) is 26.1 Å². The lowest BCUT2D eigenvalue weighted by molar-refractivity contribution is 0.311. The molecule has 0 unspecified atom stereocenters. The van der Waals surface area contributed by atoms with Crippen molar-refractivity contribution in [3.05, 3.63) is 48.0 Å². The van der Waals surface area contributed by atoms with E-state index in [1.807, 2.05) is 36.8 Å². The van der Waals surface area contributed by atoms with Crippen LogP contribution in [-0.4, -0.2) is 53.1 Å². The van der Waals surface area contributed by atoms with Crippen LogP contribution in [0, 0.1) is 0 Å². The summed E-state index contributed by atoms with van der Waals surface area (Å²) in [7, 11) is 2.15. The van der Waals surface area contributed by atoms with E-state index in [2.05, 4.69) is 44.0 Å². The molecule has 0 amide bonds. The van der Waals surface area contributed by atoms with Crippen LogP contribution >= 0.6 is 0 Å². The molecule has 1 saturated heterocycles. The second-order valence-electron chi connectivity index (χ2n) is 6.04. The molecule has 3 heterocycles. The molecule has 1 atom stereocenters. The highest BCUT2D eigenvalue weighted by Crippen LogP contribution is 2.12. The monoisotopic (exact) mass is 312 g/mol. The Morgan fingerprint density at radius 3 is 2.48 bits per heavy atom. The number of anilines is 1. The SMILES string of the molecule is C[C@H](NCc1cnc(N2CCN(C)CC2)nc1)c1ccccn1. The Labute approximate surface area is 137 Å². The minimum absolute atomic E-state index is 0.202. The molecule has 6 nitrogen and oxygen atoms in total. The summed E-state index contributed by atoms with van der Waals surface area (Å²) in [5.74, 6) is 0.833. The first kappa shape index (κ1) is 15.8. The first-order chi connectivity index (χ1) is 11.2. The molecule has 0 radical (unpaired) electrons. The lowest BCUT2D eigenvalue weighted by atomic mass is 10.2. The maximum absolute atomic E-state index is 4.52. The second kappa shape index (κ2) is 7.48. The van der Waals surface area contributed by atoms with E-state index in [1.165, 1.54) is 0 Å². The number of hydrogen-bond acceptors (Lipinski definition) is 6. The number of pyridine rings is 1. The molecule has 1 aliphatic heterocycles. The molecule has 2 aromatic heterocycles. The molecular formula is C17H24N6. The van der Waals surface area contributed by atoms with E-state index in [1.54, 1.807) is 0 Å². The lowest BCUT2D eigenvalue weighted by Gasteiger charge is -2.32. The van der Waals surface area contributed by atoms with Crippen molar-refractivity contribution in [1.29, 1.82) is 0 Å². The third-order valence-electron chi connectivity index (χ3n) is 4.22. The number of likely N-dealkylation sites (N-methyl/N-ethyl adjacent to an activating group) is 1. The fourth-order valence-electron chi connectivity index (χ4n) is 2.62. The van der Waals surface area contributed by atoms with Crippen LogP contribution in [0.25, 0.3) is 0 Å². The average Bonchev–Trinajstić information content (AvgIpc) is 2.61. The van der Waals surface area contributed by atoms with E-state index >= 15 is 0 Å². The van der Waals surface area contributed by atoms with E-state index in [0.717, 1.165) is 49.9 Å². The number of rotatable bonds is 5. The molecular weight excluding hydrogens is 288 g/mol. The van der Waals surface area contributed by atoms with E-state index < -0.39 is 0 Å². The van der Waals surface area contributed by atoms with Crippen LogP contribution in [0.3, 0.4) is 0 Å². The number of hydrogen-bond donors (Lipinski definition) is 1. The zero-order valence-corrected chi connectivity index (χ0v) is 13.8. The van der Waals surface area contributed by atoms with Crippen LogP contribution < -0.4 is 10.2 Å². The maximum Gasteiger partial charge on any atom is 0.225 e. The largest absolute Gasteiger partial charge is 0.338 e. The standard InChI is InChI=1S/C17H24N6/c1-14(16-5-3-4-6-18-16)19-11-15-12-20-17(21-13-15)23-9-7-22(2)8-10-23/h3-6,12-14,19H,7-11H2,1-2H3/t14-/m0/s1. The third-order valence-corrected chi connectivity index (χ3v) is 4.22. The molecule has 0 bridgehead atoms. The van der Waals surface area contributed by atoms with Gasteiger partial charge in [0.05, 0.1) is 5.69 Å². The minimum Gasteiger partial charge on any atom is -0.338 e. The van der Waals surface area contributed by atoms with Crippen molar-refractivity contribution in [2.75, 3.05) is 38.1 Å². The van der Waals surface area contributed by atoms with Crippen molar-refractivity contribution >= 4 is 5.95 Å². The summed E-state index contributed by atoms with van der Waals surface area (Å²) in [6, 6.07) is 6.17. The molecule has 1 fully saturated rings. The fourth-order valence-corrected chi connectivity index (χ4v) is 2.62. The van der Waals surface area contributed by atoms with Crippen molar-refractivity contribution in [2.45, 2.75) is 19.5 Å². The normalized spacial score (nSPS) is 17.2. The Hall–Kier alpha value is -2.05. The van der Waals surface area contributed by atoms with Gasteiger partial charge in [0, 0.05) is 62.9 Å². The van der Waals surface area contributed by atoms with Gasteiger partial charge in [0.25, 0.3) is 0 Å². The van der Waals surface area contributed by atoms with Gasteiger partial charge >= 0.3 is 0 Å². The quantitative estimate of drug-likeness (QED) is 0.902. The lowest BCUT2D eigenvalue weighted by Crippen LogP contribution is -2.45. The van der Waals surface area contributed by atoms with Gasteiger partial charge in [0.2, 0.25) is 5.95 Å². The third kappa shape index (κ3) is 4.24. The Morgan fingerprint density at radius 1 is 1.09 bits per heavy atom. The van der Waals surface area contributed by atoms with E-state index in [4.69, 9.17) is 0 Å². The Bertz CT molecular complexity index is 592. The molecule has 23 heavy (non-hydrogen) atoms. The highest BCUT2D eigenvalue weighted by Gasteiger charge is 2.16. The van der Waals surface area contributed by atoms with Crippen LogP contribution in [-0.2, 0) is 6.54 Å². The van der Waals surface area contributed by atoms with Gasteiger partial charge in [-0.25, -0.2) is 9.97 Å². The molecule has 3 rings (SSSR count). The zero-order chi connectivity index (χ0) is 16.1. The molecule has 0 aliphatic carbocycles. The predicted molar refractivity (Wildman–Crippen MR) is 91.2 cm³/mol. The van der Waals surface area contributed by atoms with Crippen LogP contribution in [0.4, 0.5) is 5.95 Å². The number of aromatic nitrogens is 3. The molecule has 122 valence electrons. The van der Waals surface area contributed by atoms with Gasteiger partial charge in [-0.15, -0.1) is 0 Å². The van der Waals surface area contributed by atoms with Gasteiger partial charge in [-0.3, -0.25) is 4.98 Å². The molecule has 0 aromatic carbocycles. The van der Waals surface area contributed by atoms with Crippen LogP contribution in [0.1, 0.15) is 24.2 Å². The van der Waals surface area contributed by atoms with Crippen molar-refractivity contribution in [3.63, 3.8) is 0 Å². The summed E-state index contributed by atoms with van der Waals surface area (Å²) in [5, 5.41) is 3.46. The van der Waals surface area contributed by atoms with Crippen molar-refractivity contribution in [1.82, 2.24) is 25.2 Å². The first-order valence-corrected chi connectivity index (χ1v) is 8.11. The number of nitrogens with one attached hydrogen (secondary N) is 1. The molecule has 1 N–H and O–H groups in total. The Balaban J connectivity index is 1.53. The molecule has 2 aromatic rings. The van der Waals surface area contributed by atoms with E-state index in [9.17, 15) is 0 Å². The van der Waals surface area contributed by atoms with Crippen molar-refractivity contribution in [3.8, 4) is 0 Å². The van der Waals surface area contributed by atoms with Gasteiger partial charge in [-0.2, -0.15) is 0 Å². The summed E-state index contributed by atoms with van der Waals surface area (Å²) in [6.07, 6.45) is 5.65. The van der Waals surface area contributed by atoms with Gasteiger partial charge in [-0.1, -0.05) is 6.07 Å². The zero-order valence-electron chi connectivity index (χ0n) is 13.8. The molecule has 1 aliphatic rings. The first-order valence-electron chi connectivity index (χ1n) is 8.11. The van der Waals surface area contributed by atoms with Crippen LogP contribution in [0.2, 0.25) is 0 Å². The molecule has 6 heteroatoms. The van der Waals surface area contributed by atoms with Crippen LogP contribution in [0.15, 0.2) is 36.8 Å². The summed E-state index contributed by atoms with van der Waals surface area (Å²) in [5.41, 5.74) is 2.13. The summed E-state index contributed by atoms with van der Waals surface area (Å²) in [4.78, 5) is 18.0. The summed E-state index contributed by atoms with van der Waals surface area (Å²) in [6.45, 7) is 6.96. The van der Waals surface area contributed by atoms with E-state index in [0.29, 0.717) is 0 Å². The van der Waals surface area contributed by atoms with E-state index in [-0.39, 0.29) is 6.04 Å².